The second kappa shape index (κ2) is 10.3. The lowest BCUT2D eigenvalue weighted by atomic mass is 10.00. The number of thioether (sulfide) groups is 1. The normalized spacial score (nSPS) is 16.0. The van der Waals surface area contributed by atoms with Crippen molar-refractivity contribution >= 4 is 17.7 Å². The van der Waals surface area contributed by atoms with Crippen molar-refractivity contribution in [2.24, 2.45) is 13.0 Å². The molecular formula is C25H30N4O3S. The van der Waals surface area contributed by atoms with Gasteiger partial charge in [-0.05, 0) is 42.5 Å². The van der Waals surface area contributed by atoms with E-state index in [4.69, 9.17) is 9.47 Å². The molecule has 1 aromatic heterocycles. The largest absolute Gasteiger partial charge is 0.485 e. The molecule has 2 aromatic carbocycles. The van der Waals surface area contributed by atoms with Gasteiger partial charge in [-0.2, -0.15) is 0 Å². The van der Waals surface area contributed by atoms with E-state index in [1.54, 1.807) is 0 Å². The van der Waals surface area contributed by atoms with Gasteiger partial charge in [-0.1, -0.05) is 62.0 Å². The summed E-state index contributed by atoms with van der Waals surface area (Å²) in [6.45, 7) is 6.78. The van der Waals surface area contributed by atoms with Crippen molar-refractivity contribution in [3.05, 3.63) is 65.5 Å². The Morgan fingerprint density at radius 3 is 2.58 bits per heavy atom. The number of rotatable bonds is 8. The van der Waals surface area contributed by atoms with Crippen molar-refractivity contribution in [3.63, 3.8) is 0 Å². The number of nitrogens with one attached hydrogen (secondary N) is 1. The third-order valence-electron chi connectivity index (χ3n) is 5.50. The highest BCUT2D eigenvalue weighted by Gasteiger charge is 2.27. The molecule has 2 atom stereocenters. The lowest BCUT2D eigenvalue weighted by Crippen LogP contribution is -2.28. The molecule has 0 saturated carbocycles. The van der Waals surface area contributed by atoms with Gasteiger partial charge in [0.05, 0.1) is 11.8 Å². The van der Waals surface area contributed by atoms with E-state index in [1.807, 2.05) is 42.8 Å². The average molecular weight is 467 g/mol. The first-order chi connectivity index (χ1) is 15.9. The first-order valence-electron chi connectivity index (χ1n) is 11.2. The highest BCUT2D eigenvalue weighted by molar-refractivity contribution is 7.99. The number of para-hydroxylation sites is 2. The van der Waals surface area contributed by atoms with Gasteiger partial charge in [-0.15, -0.1) is 10.2 Å². The Kier molecular flexibility index (Phi) is 7.23. The Hall–Kier alpha value is -3.00. The van der Waals surface area contributed by atoms with Crippen molar-refractivity contribution in [3.8, 4) is 11.5 Å². The highest BCUT2D eigenvalue weighted by atomic mass is 32.2. The molecule has 1 aliphatic heterocycles. The van der Waals surface area contributed by atoms with Gasteiger partial charge in [0.25, 0.3) is 0 Å². The van der Waals surface area contributed by atoms with Crippen molar-refractivity contribution in [2.75, 3.05) is 12.4 Å². The molecule has 2 unspecified atom stereocenters. The lowest BCUT2D eigenvalue weighted by molar-refractivity contribution is -0.119. The Bertz CT molecular complexity index is 1100. The first-order valence-corrected chi connectivity index (χ1v) is 12.2. The summed E-state index contributed by atoms with van der Waals surface area (Å²) in [5, 5.41) is 12.3. The Morgan fingerprint density at radius 1 is 1.12 bits per heavy atom. The van der Waals surface area contributed by atoms with Gasteiger partial charge >= 0.3 is 0 Å². The predicted molar refractivity (Wildman–Crippen MR) is 129 cm³/mol. The minimum atomic E-state index is -0.348. The minimum Gasteiger partial charge on any atom is -0.485 e. The molecule has 1 N–H and O–H groups in total. The van der Waals surface area contributed by atoms with Crippen LogP contribution in [0, 0.1) is 5.92 Å². The zero-order valence-electron chi connectivity index (χ0n) is 19.4. The molecule has 0 aliphatic carbocycles. The molecule has 2 heterocycles. The Labute approximate surface area is 198 Å². The van der Waals surface area contributed by atoms with E-state index in [1.165, 1.54) is 17.3 Å². The molecule has 174 valence electrons. The van der Waals surface area contributed by atoms with Gasteiger partial charge < -0.3 is 19.4 Å². The number of hydrogen-bond donors (Lipinski definition) is 1. The monoisotopic (exact) mass is 466 g/mol. The first kappa shape index (κ1) is 23.2. The number of fused-ring (bicyclic) bond motifs is 1. The fourth-order valence-corrected chi connectivity index (χ4v) is 4.52. The molecule has 0 spiro atoms. The molecule has 0 saturated heterocycles. The summed E-state index contributed by atoms with van der Waals surface area (Å²) in [6, 6.07) is 16.0. The summed E-state index contributed by atoms with van der Waals surface area (Å²) in [5.41, 5.74) is 2.41. The number of carbonyl (C=O) groups excluding carboxylic acids is 1. The third-order valence-corrected chi connectivity index (χ3v) is 6.52. The van der Waals surface area contributed by atoms with Gasteiger partial charge in [0.2, 0.25) is 5.91 Å². The molecule has 8 heteroatoms. The smallest absolute Gasteiger partial charge is 0.230 e. The topological polar surface area (TPSA) is 78.3 Å². The zero-order valence-corrected chi connectivity index (χ0v) is 20.3. The Balaban J connectivity index is 1.30. The van der Waals surface area contributed by atoms with Crippen LogP contribution < -0.4 is 14.8 Å². The molecular weight excluding hydrogens is 436 g/mol. The number of benzene rings is 2. The maximum Gasteiger partial charge on any atom is 0.230 e. The van der Waals surface area contributed by atoms with Crippen molar-refractivity contribution < 1.29 is 14.3 Å². The molecule has 1 aliphatic rings. The van der Waals surface area contributed by atoms with E-state index < -0.39 is 0 Å². The number of aromatic nitrogens is 3. The van der Waals surface area contributed by atoms with E-state index in [-0.39, 0.29) is 23.8 Å². The minimum absolute atomic E-state index is 0.0468. The van der Waals surface area contributed by atoms with E-state index in [0.717, 1.165) is 17.7 Å². The number of amides is 1. The van der Waals surface area contributed by atoms with Crippen LogP contribution in [-0.4, -0.2) is 33.0 Å². The van der Waals surface area contributed by atoms with Gasteiger partial charge in [-0.25, -0.2) is 0 Å². The second-order valence-corrected chi connectivity index (χ2v) is 9.62. The van der Waals surface area contributed by atoms with Crippen LogP contribution in [0.4, 0.5) is 0 Å². The van der Waals surface area contributed by atoms with Gasteiger partial charge in [0.15, 0.2) is 28.6 Å². The quantitative estimate of drug-likeness (QED) is 0.493. The summed E-state index contributed by atoms with van der Waals surface area (Å²) in [7, 11) is 1.88. The van der Waals surface area contributed by atoms with Crippen LogP contribution in [0.1, 0.15) is 49.9 Å². The van der Waals surface area contributed by atoms with Crippen LogP contribution >= 0.6 is 11.8 Å². The maximum absolute atomic E-state index is 12.5. The molecule has 33 heavy (non-hydrogen) atoms. The van der Waals surface area contributed by atoms with E-state index >= 15 is 0 Å². The number of carbonyl (C=O) groups is 1. The summed E-state index contributed by atoms with van der Waals surface area (Å²) in [5.74, 6) is 2.92. The van der Waals surface area contributed by atoms with Gasteiger partial charge in [0.1, 0.15) is 6.61 Å². The van der Waals surface area contributed by atoms with E-state index in [0.29, 0.717) is 29.3 Å². The number of hydrogen-bond acceptors (Lipinski definition) is 6. The Morgan fingerprint density at radius 2 is 1.85 bits per heavy atom. The fraction of sp³-hybridized carbons (Fsp3) is 0.400. The molecule has 0 fully saturated rings. The van der Waals surface area contributed by atoms with Crippen LogP contribution in [-0.2, 0) is 18.3 Å². The van der Waals surface area contributed by atoms with E-state index in [9.17, 15) is 4.79 Å². The molecule has 0 bridgehead atoms. The van der Waals surface area contributed by atoms with Crippen LogP contribution in [0.3, 0.4) is 0 Å². The lowest BCUT2D eigenvalue weighted by Gasteiger charge is -2.25. The third kappa shape index (κ3) is 5.68. The molecule has 4 rings (SSSR count). The van der Waals surface area contributed by atoms with Crippen LogP contribution in [0.15, 0.2) is 53.7 Å². The molecule has 1 amide bonds. The SMILES string of the molecule is CC(C)Cc1ccc(C(C)NC(=O)CSc2nnc(C3COc4ccccc4O3)n2C)cc1. The van der Waals surface area contributed by atoms with Crippen LogP contribution in [0.5, 0.6) is 11.5 Å². The van der Waals surface area contributed by atoms with Crippen LogP contribution in [0.2, 0.25) is 0 Å². The summed E-state index contributed by atoms with van der Waals surface area (Å²) < 4.78 is 13.7. The van der Waals surface area contributed by atoms with Crippen molar-refractivity contribution in [1.29, 1.82) is 0 Å². The highest BCUT2D eigenvalue weighted by Crippen LogP contribution is 2.35. The standard InChI is InChI=1S/C25H30N4O3S/c1-16(2)13-18-9-11-19(12-10-18)17(3)26-23(30)15-33-25-28-27-24(29(25)4)22-14-31-20-7-5-6-8-21(20)32-22/h5-12,16-17,22H,13-15H2,1-4H3,(H,26,30). The predicted octanol–water partition coefficient (Wildman–Crippen LogP) is 4.50. The van der Waals surface area contributed by atoms with Gasteiger partial charge in [0, 0.05) is 7.05 Å². The average Bonchev–Trinajstić information content (AvgIpc) is 3.17. The maximum atomic E-state index is 12.5. The van der Waals surface area contributed by atoms with Crippen molar-refractivity contribution in [2.45, 2.75) is 44.5 Å². The number of ether oxygens (including phenoxy) is 2. The number of nitrogens with zero attached hydrogens (tertiary/aromatic N) is 3. The van der Waals surface area contributed by atoms with Gasteiger partial charge in [-0.3, -0.25) is 4.79 Å². The fourth-order valence-electron chi connectivity index (χ4n) is 3.79. The molecule has 0 radical (unpaired) electrons. The van der Waals surface area contributed by atoms with E-state index in [2.05, 4.69) is 53.6 Å². The molecule has 3 aromatic rings. The summed E-state index contributed by atoms with van der Waals surface area (Å²) in [6.07, 6.45) is 0.710. The summed E-state index contributed by atoms with van der Waals surface area (Å²) in [4.78, 5) is 12.5. The summed E-state index contributed by atoms with van der Waals surface area (Å²) >= 11 is 1.35. The zero-order chi connectivity index (χ0) is 23.4. The van der Waals surface area contributed by atoms with Crippen molar-refractivity contribution in [1.82, 2.24) is 20.1 Å². The molecule has 7 nitrogen and oxygen atoms in total. The second-order valence-electron chi connectivity index (χ2n) is 8.68. The van der Waals surface area contributed by atoms with Crippen LogP contribution in [0.25, 0.3) is 0 Å².